The van der Waals surface area contributed by atoms with Crippen LogP contribution in [-0.2, 0) is 4.79 Å². The Balaban J connectivity index is 1.47. The van der Waals surface area contributed by atoms with E-state index >= 15 is 0 Å². The molecule has 1 aliphatic rings. The van der Waals surface area contributed by atoms with Gasteiger partial charge in [0.2, 0.25) is 5.91 Å². The zero-order valence-corrected chi connectivity index (χ0v) is 14.3. The largest absolute Gasteiger partial charge is 0.490 e. The van der Waals surface area contributed by atoms with Gasteiger partial charge in [-0.2, -0.15) is 0 Å². The maximum absolute atomic E-state index is 11.9. The molecule has 6 nitrogen and oxygen atoms in total. The number of carbonyl (C=O) groups is 2. The molecule has 0 spiro atoms. The number of thioether (sulfide) groups is 1. The van der Waals surface area contributed by atoms with E-state index in [1.54, 1.807) is 24.3 Å². The molecule has 0 unspecified atom stereocenters. The third-order valence-corrected chi connectivity index (χ3v) is 4.43. The van der Waals surface area contributed by atoms with Crippen LogP contribution in [0.1, 0.15) is 16.8 Å². The summed E-state index contributed by atoms with van der Waals surface area (Å²) in [5, 5.41) is 0. The standard InChI is InChI=1S/C18H18N2O4S/c21-17(19-20-18(22)13-5-2-1-3-6-13)12-25-14-7-8-15-16(11-14)24-10-4-9-23-15/h1-3,5-8,11H,4,9-10,12H2,(H,19,21)(H,20,22). The fourth-order valence-electron chi connectivity index (χ4n) is 2.21. The van der Waals surface area contributed by atoms with E-state index in [1.165, 1.54) is 11.8 Å². The topological polar surface area (TPSA) is 76.7 Å². The molecule has 1 aliphatic heterocycles. The quantitative estimate of drug-likeness (QED) is 0.648. The van der Waals surface area contributed by atoms with Gasteiger partial charge in [0.05, 0.1) is 19.0 Å². The van der Waals surface area contributed by atoms with Crippen molar-refractivity contribution >= 4 is 23.6 Å². The van der Waals surface area contributed by atoms with Gasteiger partial charge in [0.15, 0.2) is 11.5 Å². The minimum atomic E-state index is -0.352. The molecule has 2 amide bonds. The Bertz CT molecular complexity index is 752. The lowest BCUT2D eigenvalue weighted by molar-refractivity contribution is -0.119. The molecule has 0 aromatic heterocycles. The molecular formula is C18H18N2O4S. The Morgan fingerprint density at radius 3 is 2.52 bits per heavy atom. The maximum Gasteiger partial charge on any atom is 0.269 e. The summed E-state index contributed by atoms with van der Waals surface area (Å²) in [5.41, 5.74) is 5.29. The molecule has 0 saturated carbocycles. The normalized spacial score (nSPS) is 12.8. The molecule has 0 saturated heterocycles. The summed E-state index contributed by atoms with van der Waals surface area (Å²) >= 11 is 1.36. The monoisotopic (exact) mass is 358 g/mol. The first-order valence-electron chi connectivity index (χ1n) is 7.89. The zero-order chi connectivity index (χ0) is 17.5. The number of ether oxygens (including phenoxy) is 2. The van der Waals surface area contributed by atoms with Gasteiger partial charge in [-0.15, -0.1) is 11.8 Å². The van der Waals surface area contributed by atoms with E-state index < -0.39 is 0 Å². The van der Waals surface area contributed by atoms with Crippen LogP contribution in [-0.4, -0.2) is 30.8 Å². The summed E-state index contributed by atoms with van der Waals surface area (Å²) in [6.07, 6.45) is 0.848. The van der Waals surface area contributed by atoms with E-state index in [2.05, 4.69) is 10.9 Å². The van der Waals surface area contributed by atoms with Crippen molar-refractivity contribution in [3.05, 3.63) is 54.1 Å². The van der Waals surface area contributed by atoms with Crippen LogP contribution in [0.3, 0.4) is 0 Å². The van der Waals surface area contributed by atoms with Gasteiger partial charge in [-0.25, -0.2) is 0 Å². The molecule has 0 fully saturated rings. The van der Waals surface area contributed by atoms with E-state index in [0.29, 0.717) is 24.5 Å². The fourth-order valence-corrected chi connectivity index (χ4v) is 2.93. The molecule has 0 aliphatic carbocycles. The van der Waals surface area contributed by atoms with Crippen molar-refractivity contribution < 1.29 is 19.1 Å². The molecule has 3 rings (SSSR count). The number of benzene rings is 2. The highest BCUT2D eigenvalue weighted by Gasteiger charge is 2.12. The van der Waals surface area contributed by atoms with Gasteiger partial charge in [0.1, 0.15) is 0 Å². The number of rotatable bonds is 4. The summed E-state index contributed by atoms with van der Waals surface area (Å²) in [6.45, 7) is 1.26. The number of carbonyl (C=O) groups excluding carboxylic acids is 2. The van der Waals surface area contributed by atoms with Crippen molar-refractivity contribution in [3.8, 4) is 11.5 Å². The SMILES string of the molecule is O=C(CSc1ccc2c(c1)OCCCO2)NNC(=O)c1ccccc1. The molecule has 2 aromatic rings. The van der Waals surface area contributed by atoms with Crippen LogP contribution in [0.4, 0.5) is 0 Å². The van der Waals surface area contributed by atoms with E-state index in [0.717, 1.165) is 17.1 Å². The number of nitrogens with one attached hydrogen (secondary N) is 2. The average Bonchev–Trinajstić information content (AvgIpc) is 2.90. The summed E-state index contributed by atoms with van der Waals surface area (Å²) < 4.78 is 11.2. The highest BCUT2D eigenvalue weighted by molar-refractivity contribution is 8.00. The third-order valence-electron chi connectivity index (χ3n) is 3.44. The summed E-state index contributed by atoms with van der Waals surface area (Å²) in [6, 6.07) is 14.3. The summed E-state index contributed by atoms with van der Waals surface area (Å²) in [4.78, 5) is 24.6. The summed E-state index contributed by atoms with van der Waals surface area (Å²) in [5.74, 6) is 0.951. The van der Waals surface area contributed by atoms with Crippen LogP contribution in [0.2, 0.25) is 0 Å². The van der Waals surface area contributed by atoms with Crippen molar-refractivity contribution in [1.29, 1.82) is 0 Å². The summed E-state index contributed by atoms with van der Waals surface area (Å²) in [7, 11) is 0. The van der Waals surface area contributed by atoms with E-state index in [9.17, 15) is 9.59 Å². The molecule has 0 radical (unpaired) electrons. The first-order valence-corrected chi connectivity index (χ1v) is 8.87. The van der Waals surface area contributed by atoms with Crippen molar-refractivity contribution in [2.24, 2.45) is 0 Å². The van der Waals surface area contributed by atoms with Crippen molar-refractivity contribution in [2.75, 3.05) is 19.0 Å². The van der Waals surface area contributed by atoms with Crippen molar-refractivity contribution in [1.82, 2.24) is 10.9 Å². The molecular weight excluding hydrogens is 340 g/mol. The second-order valence-electron chi connectivity index (χ2n) is 5.32. The highest BCUT2D eigenvalue weighted by Crippen LogP contribution is 2.33. The van der Waals surface area contributed by atoms with Crippen molar-refractivity contribution in [3.63, 3.8) is 0 Å². The molecule has 0 bridgehead atoms. The average molecular weight is 358 g/mol. The lowest BCUT2D eigenvalue weighted by Crippen LogP contribution is -2.42. The maximum atomic E-state index is 11.9. The van der Waals surface area contributed by atoms with Gasteiger partial charge in [-0.05, 0) is 30.3 Å². The van der Waals surface area contributed by atoms with E-state index in [-0.39, 0.29) is 17.6 Å². The lowest BCUT2D eigenvalue weighted by Gasteiger charge is -2.10. The number of amides is 2. The number of hydrogen-bond donors (Lipinski definition) is 2. The van der Waals surface area contributed by atoms with Crippen LogP contribution in [0.25, 0.3) is 0 Å². The number of hydrogen-bond acceptors (Lipinski definition) is 5. The highest BCUT2D eigenvalue weighted by atomic mass is 32.2. The number of fused-ring (bicyclic) bond motifs is 1. The zero-order valence-electron chi connectivity index (χ0n) is 13.5. The van der Waals surface area contributed by atoms with Gasteiger partial charge in [0, 0.05) is 16.9 Å². The van der Waals surface area contributed by atoms with Crippen molar-refractivity contribution in [2.45, 2.75) is 11.3 Å². The van der Waals surface area contributed by atoms with E-state index in [1.807, 2.05) is 24.3 Å². The van der Waals surface area contributed by atoms with Gasteiger partial charge in [0.25, 0.3) is 5.91 Å². The molecule has 1 heterocycles. The molecule has 0 atom stereocenters. The molecule has 7 heteroatoms. The van der Waals surface area contributed by atoms with Gasteiger partial charge in [-0.3, -0.25) is 20.4 Å². The Kier molecular flexibility index (Phi) is 5.79. The molecule has 130 valence electrons. The molecule has 25 heavy (non-hydrogen) atoms. The molecule has 2 N–H and O–H groups in total. The smallest absolute Gasteiger partial charge is 0.269 e. The predicted octanol–water partition coefficient (Wildman–Crippen LogP) is 2.40. The Labute approximate surface area is 149 Å². The fraction of sp³-hybridized carbons (Fsp3) is 0.222. The van der Waals surface area contributed by atoms with Crippen LogP contribution < -0.4 is 20.3 Å². The Hall–Kier alpha value is -2.67. The van der Waals surface area contributed by atoms with Crippen LogP contribution >= 0.6 is 11.8 Å². The van der Waals surface area contributed by atoms with Gasteiger partial charge < -0.3 is 9.47 Å². The molecule has 2 aromatic carbocycles. The van der Waals surface area contributed by atoms with Crippen LogP contribution in [0, 0.1) is 0 Å². The Morgan fingerprint density at radius 2 is 1.72 bits per heavy atom. The lowest BCUT2D eigenvalue weighted by atomic mass is 10.2. The minimum absolute atomic E-state index is 0.175. The third kappa shape index (κ3) is 4.90. The first kappa shape index (κ1) is 17.2. The minimum Gasteiger partial charge on any atom is -0.490 e. The second-order valence-corrected chi connectivity index (χ2v) is 6.36. The predicted molar refractivity (Wildman–Crippen MR) is 94.8 cm³/mol. The number of hydrazine groups is 1. The first-order chi connectivity index (χ1) is 12.2. The van der Waals surface area contributed by atoms with Gasteiger partial charge >= 0.3 is 0 Å². The van der Waals surface area contributed by atoms with Crippen LogP contribution in [0.15, 0.2) is 53.4 Å². The van der Waals surface area contributed by atoms with E-state index in [4.69, 9.17) is 9.47 Å². The van der Waals surface area contributed by atoms with Gasteiger partial charge in [-0.1, -0.05) is 18.2 Å². The second kappa shape index (κ2) is 8.43. The van der Waals surface area contributed by atoms with Crippen LogP contribution in [0.5, 0.6) is 11.5 Å². The Morgan fingerprint density at radius 1 is 0.960 bits per heavy atom.